The van der Waals surface area contributed by atoms with Crippen molar-refractivity contribution in [1.82, 2.24) is 15.0 Å². The average molecular weight is 695 g/mol. The largest absolute Gasteiger partial charge is 0.504 e. The van der Waals surface area contributed by atoms with Gasteiger partial charge < -0.3 is 43.7 Å². The number of benzene rings is 5. The van der Waals surface area contributed by atoms with Gasteiger partial charge in [-0.15, -0.1) is 0 Å². The van der Waals surface area contributed by atoms with Gasteiger partial charge in [-0.2, -0.15) is 0 Å². The van der Waals surface area contributed by atoms with E-state index in [1.54, 1.807) is 24.3 Å². The molecule has 8 aromatic rings. The van der Waals surface area contributed by atoms with Gasteiger partial charge in [-0.3, -0.25) is 0 Å². The number of phenolic OH excluding ortho intramolecular Hbond substituents is 5. The molecule has 258 valence electrons. The second kappa shape index (κ2) is 10.8. The van der Waals surface area contributed by atoms with Crippen molar-refractivity contribution in [3.05, 3.63) is 78.9 Å². The highest BCUT2D eigenvalue weighted by atomic mass is 16.7. The van der Waals surface area contributed by atoms with Crippen LogP contribution in [0, 0.1) is 0 Å². The molecule has 0 bridgehead atoms. The van der Waals surface area contributed by atoms with Gasteiger partial charge >= 0.3 is 7.12 Å². The fourth-order valence-corrected chi connectivity index (χ4v) is 6.57. The molecule has 13 heteroatoms. The number of nitrogens with zero attached hydrogens (tertiary/aromatic N) is 3. The van der Waals surface area contributed by atoms with Gasteiger partial charge in [0.2, 0.25) is 17.2 Å². The van der Waals surface area contributed by atoms with Gasteiger partial charge in [0, 0.05) is 32.7 Å². The molecular weight excluding hydrogens is 665 g/mol. The van der Waals surface area contributed by atoms with Crippen molar-refractivity contribution in [2.45, 2.75) is 38.9 Å². The van der Waals surface area contributed by atoms with E-state index in [2.05, 4.69) is 9.97 Å². The molecule has 0 unspecified atom stereocenters. The lowest BCUT2D eigenvalue weighted by Crippen LogP contribution is -2.41. The number of fused-ring (bicyclic) bond motifs is 6. The summed E-state index contributed by atoms with van der Waals surface area (Å²) < 4.78 is 24.9. The number of hydrogen-bond donors (Lipinski definition) is 5. The van der Waals surface area contributed by atoms with Gasteiger partial charge in [0.05, 0.1) is 11.2 Å². The van der Waals surface area contributed by atoms with Crippen LogP contribution in [-0.4, -0.2) is 58.8 Å². The summed E-state index contributed by atoms with van der Waals surface area (Å²) >= 11 is 0. The Hall–Kier alpha value is -6.31. The lowest BCUT2D eigenvalue weighted by atomic mass is 9.78. The summed E-state index contributed by atoms with van der Waals surface area (Å²) in [7, 11) is -0.550. The molecule has 1 saturated heterocycles. The Morgan fingerprint density at radius 1 is 0.481 bits per heavy atom. The third-order valence-corrected chi connectivity index (χ3v) is 10.1. The van der Waals surface area contributed by atoms with E-state index in [9.17, 15) is 25.5 Å². The van der Waals surface area contributed by atoms with E-state index in [0.717, 1.165) is 27.0 Å². The molecule has 9 rings (SSSR count). The zero-order chi connectivity index (χ0) is 36.3. The van der Waals surface area contributed by atoms with Crippen molar-refractivity contribution in [2.75, 3.05) is 0 Å². The number of rotatable bonds is 4. The van der Waals surface area contributed by atoms with E-state index < -0.39 is 52.6 Å². The van der Waals surface area contributed by atoms with Crippen molar-refractivity contribution in [3.8, 4) is 62.9 Å². The van der Waals surface area contributed by atoms with Crippen molar-refractivity contribution >= 4 is 56.5 Å². The third-order valence-electron chi connectivity index (χ3n) is 10.1. The first-order valence-electron chi connectivity index (χ1n) is 16.5. The van der Waals surface area contributed by atoms with Gasteiger partial charge in [0.15, 0.2) is 29.0 Å². The predicted octanol–water partition coefficient (Wildman–Crippen LogP) is 7.50. The summed E-state index contributed by atoms with van der Waals surface area (Å²) in [6.07, 6.45) is 0. The molecule has 1 fully saturated rings. The van der Waals surface area contributed by atoms with Crippen LogP contribution in [0.2, 0.25) is 0 Å². The molecule has 0 aliphatic carbocycles. The van der Waals surface area contributed by atoms with Crippen molar-refractivity contribution < 1.29 is 43.7 Å². The lowest BCUT2D eigenvalue weighted by Gasteiger charge is -2.32. The first-order chi connectivity index (χ1) is 24.8. The number of para-hydroxylation sites is 1. The lowest BCUT2D eigenvalue weighted by molar-refractivity contribution is 0.00578. The maximum Gasteiger partial charge on any atom is 0.494 e. The van der Waals surface area contributed by atoms with Crippen LogP contribution in [-0.2, 0) is 9.31 Å². The van der Waals surface area contributed by atoms with E-state index in [1.807, 2.05) is 82.3 Å². The summed E-state index contributed by atoms with van der Waals surface area (Å²) in [4.78, 5) is 13.8. The fraction of sp³-hybridized carbons (Fsp3) is 0.154. The normalized spacial score (nSPS) is 15.4. The predicted molar refractivity (Wildman–Crippen MR) is 195 cm³/mol. The van der Waals surface area contributed by atoms with E-state index in [0.29, 0.717) is 33.5 Å². The van der Waals surface area contributed by atoms with Crippen LogP contribution in [0.3, 0.4) is 0 Å². The number of aromatic hydroxyl groups is 5. The average Bonchev–Trinajstić information content (AvgIpc) is 3.76. The second-order valence-electron chi connectivity index (χ2n) is 13.9. The van der Waals surface area contributed by atoms with Crippen LogP contribution in [0.25, 0.3) is 78.0 Å². The maximum atomic E-state index is 10.8. The summed E-state index contributed by atoms with van der Waals surface area (Å²) in [6.45, 7) is 8.02. The van der Waals surface area contributed by atoms with E-state index in [-0.39, 0.29) is 17.5 Å². The molecular formula is C39H30BN3O9. The quantitative estimate of drug-likeness (QED) is 0.0695. The van der Waals surface area contributed by atoms with Crippen molar-refractivity contribution in [3.63, 3.8) is 0 Å². The van der Waals surface area contributed by atoms with Crippen molar-refractivity contribution in [2.24, 2.45) is 0 Å². The Labute approximate surface area is 295 Å². The molecule has 1 aliphatic rings. The molecule has 5 aromatic carbocycles. The summed E-state index contributed by atoms with van der Waals surface area (Å²) in [6, 6.07) is 24.3. The van der Waals surface area contributed by atoms with Crippen molar-refractivity contribution in [1.29, 1.82) is 0 Å². The van der Waals surface area contributed by atoms with Gasteiger partial charge in [0.1, 0.15) is 27.9 Å². The van der Waals surface area contributed by atoms with Crippen LogP contribution in [0.15, 0.2) is 87.7 Å². The fourth-order valence-electron chi connectivity index (χ4n) is 6.57. The zero-order valence-electron chi connectivity index (χ0n) is 28.3. The molecule has 4 heterocycles. The Morgan fingerprint density at radius 2 is 0.962 bits per heavy atom. The summed E-state index contributed by atoms with van der Waals surface area (Å²) in [5.41, 5.74) is 2.84. The van der Waals surface area contributed by atoms with Crippen LogP contribution in [0.1, 0.15) is 27.7 Å². The molecule has 3 aromatic heterocycles. The molecule has 0 radical (unpaired) electrons. The van der Waals surface area contributed by atoms with Gasteiger partial charge in [0.25, 0.3) is 0 Å². The zero-order valence-corrected chi connectivity index (χ0v) is 28.3. The van der Waals surface area contributed by atoms with Gasteiger partial charge in [-0.1, -0.05) is 42.5 Å². The monoisotopic (exact) mass is 695 g/mol. The highest BCUT2D eigenvalue weighted by Crippen LogP contribution is 2.54. The molecule has 5 N–H and O–H groups in total. The molecule has 0 amide bonds. The Kier molecular flexibility index (Phi) is 6.60. The maximum absolute atomic E-state index is 10.8. The Bertz CT molecular complexity index is 2740. The van der Waals surface area contributed by atoms with E-state index in [1.165, 1.54) is 0 Å². The highest BCUT2D eigenvalue weighted by Gasteiger charge is 2.51. The number of furan rings is 2. The minimum absolute atomic E-state index is 0.121. The molecule has 12 nitrogen and oxygen atoms in total. The SMILES string of the molecule is CC1(C)OB(c2ccc3oc4cc(-c5nc(-c6ccc7c(c6)oc6ccccc67)nc(-c6c(O)c(O)c(O)c(O)c6O)n5)ccc4c3c2)OC1(C)C. The van der Waals surface area contributed by atoms with Gasteiger partial charge in [-0.05, 0) is 69.6 Å². The highest BCUT2D eigenvalue weighted by molar-refractivity contribution is 6.62. The van der Waals surface area contributed by atoms with Crippen LogP contribution < -0.4 is 5.46 Å². The topological polar surface area (TPSA) is 185 Å². The minimum atomic E-state index is -1.10. The Balaban J connectivity index is 1.20. The number of phenols is 5. The van der Waals surface area contributed by atoms with E-state index in [4.69, 9.17) is 23.1 Å². The van der Waals surface area contributed by atoms with Crippen LogP contribution >= 0.6 is 0 Å². The van der Waals surface area contributed by atoms with Crippen LogP contribution in [0.4, 0.5) is 0 Å². The van der Waals surface area contributed by atoms with E-state index >= 15 is 0 Å². The molecule has 0 spiro atoms. The van der Waals surface area contributed by atoms with Gasteiger partial charge in [-0.25, -0.2) is 15.0 Å². The minimum Gasteiger partial charge on any atom is -0.504 e. The summed E-state index contributed by atoms with van der Waals surface area (Å²) in [5, 5.41) is 55.9. The standard InChI is InChI=1S/C39H30BN3O9/c1-38(2)39(3,4)52-40(51-38)20-11-14-26-24(17-20)23-13-10-19(16-28(23)50-26)36-41-35(18-9-12-22-21-7-5-6-8-25(21)49-27(22)15-18)42-37(43-36)29-30(44)32(46)34(48)33(47)31(29)45/h5-17,44-48H,1-4H3. The smallest absolute Gasteiger partial charge is 0.494 e. The van der Waals surface area contributed by atoms with Crippen LogP contribution in [0.5, 0.6) is 28.7 Å². The molecule has 1 aliphatic heterocycles. The molecule has 0 atom stereocenters. The molecule has 0 saturated carbocycles. The Morgan fingerprint density at radius 3 is 1.56 bits per heavy atom. The first-order valence-corrected chi connectivity index (χ1v) is 16.5. The number of hydrogen-bond acceptors (Lipinski definition) is 12. The summed E-state index contributed by atoms with van der Waals surface area (Å²) in [5.74, 6) is -5.12. The second-order valence-corrected chi connectivity index (χ2v) is 13.9. The molecule has 52 heavy (non-hydrogen) atoms. The number of aromatic nitrogens is 3. The first kappa shape index (κ1) is 31.7. The third kappa shape index (κ3) is 4.66.